The Labute approximate surface area is 242 Å². The van der Waals surface area contributed by atoms with E-state index in [2.05, 4.69) is 21.2 Å². The van der Waals surface area contributed by atoms with Crippen LogP contribution in [0.2, 0.25) is 0 Å². The normalized spacial score (nSPS) is 11.9. The lowest BCUT2D eigenvalue weighted by Crippen LogP contribution is -2.50. The van der Waals surface area contributed by atoms with Crippen LogP contribution in [0.1, 0.15) is 19.4 Å². The molecule has 2 amide bonds. The third-order valence-electron chi connectivity index (χ3n) is 6.04. The van der Waals surface area contributed by atoms with E-state index in [1.807, 2.05) is 30.5 Å². The van der Waals surface area contributed by atoms with Gasteiger partial charge in [-0.05, 0) is 74.2 Å². The number of anilines is 1. The van der Waals surface area contributed by atoms with Crippen LogP contribution in [0.5, 0.6) is 5.75 Å². The first kappa shape index (κ1) is 30.5. The largest absolute Gasteiger partial charge is 0.492 e. The molecule has 0 radical (unpaired) electrons. The third kappa shape index (κ3) is 7.55. The topological polar surface area (TPSA) is 96.0 Å². The Morgan fingerprint density at radius 1 is 1.03 bits per heavy atom. The summed E-state index contributed by atoms with van der Waals surface area (Å²) in [6, 6.07) is 19.7. The van der Waals surface area contributed by atoms with Crippen LogP contribution in [0.3, 0.4) is 0 Å². The van der Waals surface area contributed by atoms with Crippen LogP contribution in [0.25, 0.3) is 0 Å². The van der Waals surface area contributed by atoms with Gasteiger partial charge in [0, 0.05) is 23.0 Å². The van der Waals surface area contributed by atoms with E-state index in [4.69, 9.17) is 4.74 Å². The van der Waals surface area contributed by atoms with E-state index in [0.29, 0.717) is 12.4 Å². The number of nitrogens with zero attached hydrogens (tertiary/aromatic N) is 2. The maximum absolute atomic E-state index is 14.0. The summed E-state index contributed by atoms with van der Waals surface area (Å²) in [7, 11) is -2.69. The highest BCUT2D eigenvalue weighted by Crippen LogP contribution is 2.33. The lowest BCUT2D eigenvalue weighted by atomic mass is 10.1. The summed E-state index contributed by atoms with van der Waals surface area (Å²) in [5.41, 5.74) is 1.02. The molecule has 3 rings (SSSR count). The molecule has 0 heterocycles. The fraction of sp³-hybridized carbons (Fsp3) is 0.286. The van der Waals surface area contributed by atoms with Crippen molar-refractivity contribution in [3.05, 3.63) is 82.8 Å². The van der Waals surface area contributed by atoms with Gasteiger partial charge in [-0.1, -0.05) is 40.2 Å². The Bertz CT molecular complexity index is 1380. The number of hydrogen-bond donors (Lipinski definition) is 1. The number of likely N-dealkylation sites (N-methyl/N-ethyl adjacent to an activating group) is 1. The molecule has 0 spiro atoms. The molecule has 8 nitrogen and oxygen atoms in total. The van der Waals surface area contributed by atoms with Crippen LogP contribution in [0.15, 0.2) is 87.1 Å². The lowest BCUT2D eigenvalue weighted by molar-refractivity contribution is -0.139. The van der Waals surface area contributed by atoms with Crippen LogP contribution in [0, 0.1) is 0 Å². The Kier molecular flexibility index (Phi) is 10.8. The number of thioether (sulfide) groups is 1. The zero-order chi connectivity index (χ0) is 28.6. The summed E-state index contributed by atoms with van der Waals surface area (Å²) < 4.78 is 35.7. The molecule has 11 heteroatoms. The van der Waals surface area contributed by atoms with Gasteiger partial charge in [-0.25, -0.2) is 8.42 Å². The van der Waals surface area contributed by atoms with Crippen molar-refractivity contribution >= 4 is 55.2 Å². The fourth-order valence-corrected chi connectivity index (χ4v) is 6.00. The number of carbonyl (C=O) groups is 2. The molecule has 0 aliphatic carbocycles. The van der Waals surface area contributed by atoms with E-state index >= 15 is 0 Å². The number of carbonyl (C=O) groups excluding carboxylic acids is 2. The predicted molar refractivity (Wildman–Crippen MR) is 159 cm³/mol. The molecule has 0 saturated carbocycles. The van der Waals surface area contributed by atoms with Gasteiger partial charge in [-0.15, -0.1) is 11.8 Å². The number of ether oxygens (including phenoxy) is 1. The van der Waals surface area contributed by atoms with Gasteiger partial charge < -0.3 is 15.0 Å². The summed E-state index contributed by atoms with van der Waals surface area (Å²) in [6.07, 6.45) is 1.90. The molecular formula is C28H32BrN3O5S2. The van der Waals surface area contributed by atoms with Crippen molar-refractivity contribution in [3.63, 3.8) is 0 Å². The second-order valence-corrected chi connectivity index (χ2v) is 12.2. The number of rotatable bonds is 12. The first-order valence-corrected chi connectivity index (χ1v) is 15.7. The highest BCUT2D eigenvalue weighted by molar-refractivity contribution is 9.10. The summed E-state index contributed by atoms with van der Waals surface area (Å²) in [6.45, 7) is 3.31. The molecule has 0 aliphatic heterocycles. The van der Waals surface area contributed by atoms with Gasteiger partial charge in [0.05, 0.1) is 17.2 Å². The molecule has 0 saturated heterocycles. The number of sulfonamides is 1. The molecule has 1 N–H and O–H groups in total. The van der Waals surface area contributed by atoms with Gasteiger partial charge in [-0.3, -0.25) is 13.9 Å². The SMILES string of the molecule is CCOc1ccccc1N(CC(=O)N(Cc1ccc(Br)cc1)[C@@H](C)C(=O)NC)S(=O)(=O)c1ccc(SC)cc1. The fourth-order valence-electron chi connectivity index (χ4n) is 3.91. The highest BCUT2D eigenvalue weighted by Gasteiger charge is 2.33. The van der Waals surface area contributed by atoms with Crippen molar-refractivity contribution in [2.75, 3.05) is 30.8 Å². The number of nitrogens with one attached hydrogen (secondary N) is 1. The van der Waals surface area contributed by atoms with Crippen molar-refractivity contribution < 1.29 is 22.7 Å². The van der Waals surface area contributed by atoms with Crippen molar-refractivity contribution in [1.82, 2.24) is 10.2 Å². The minimum atomic E-state index is -4.19. The molecule has 39 heavy (non-hydrogen) atoms. The average molecular weight is 635 g/mol. The van der Waals surface area contributed by atoms with Crippen LogP contribution < -0.4 is 14.4 Å². The number of halogens is 1. The maximum Gasteiger partial charge on any atom is 0.264 e. The zero-order valence-electron chi connectivity index (χ0n) is 22.3. The van der Waals surface area contributed by atoms with Gasteiger partial charge >= 0.3 is 0 Å². The van der Waals surface area contributed by atoms with Crippen molar-refractivity contribution in [2.24, 2.45) is 0 Å². The van der Waals surface area contributed by atoms with E-state index in [9.17, 15) is 18.0 Å². The molecule has 208 valence electrons. The monoisotopic (exact) mass is 633 g/mol. The molecule has 0 aromatic heterocycles. The number of para-hydroxylation sites is 2. The second kappa shape index (κ2) is 13.9. The van der Waals surface area contributed by atoms with E-state index in [0.717, 1.165) is 19.2 Å². The number of amides is 2. The van der Waals surface area contributed by atoms with Crippen LogP contribution in [-0.2, 0) is 26.2 Å². The Balaban J connectivity index is 2.08. The van der Waals surface area contributed by atoms with Crippen LogP contribution in [0.4, 0.5) is 5.69 Å². The quantitative estimate of drug-likeness (QED) is 0.284. The van der Waals surface area contributed by atoms with Gasteiger partial charge in [0.25, 0.3) is 10.0 Å². The summed E-state index contributed by atoms with van der Waals surface area (Å²) >= 11 is 4.90. The molecule has 0 aliphatic rings. The van der Waals surface area contributed by atoms with Gasteiger partial charge in [0.2, 0.25) is 11.8 Å². The second-order valence-electron chi connectivity index (χ2n) is 8.53. The molecule has 3 aromatic carbocycles. The van der Waals surface area contributed by atoms with Gasteiger partial charge in [0.15, 0.2) is 0 Å². The minimum absolute atomic E-state index is 0.0400. The first-order chi connectivity index (χ1) is 18.6. The molecule has 3 aromatic rings. The predicted octanol–water partition coefficient (Wildman–Crippen LogP) is 4.93. The Morgan fingerprint density at radius 2 is 1.67 bits per heavy atom. The minimum Gasteiger partial charge on any atom is -0.492 e. The van der Waals surface area contributed by atoms with Crippen molar-refractivity contribution in [2.45, 2.75) is 36.2 Å². The molecule has 0 bridgehead atoms. The summed E-state index contributed by atoms with van der Waals surface area (Å²) in [4.78, 5) is 28.8. The Morgan fingerprint density at radius 3 is 2.26 bits per heavy atom. The number of hydrogen-bond acceptors (Lipinski definition) is 6. The molecule has 1 atom stereocenters. The summed E-state index contributed by atoms with van der Waals surface area (Å²) in [5, 5.41) is 2.58. The standard InChI is InChI=1S/C28H32BrN3O5S2/c1-5-37-26-9-7-6-8-25(26)32(39(35,36)24-16-14-23(38-4)15-17-24)19-27(33)31(20(2)28(34)30-3)18-21-10-12-22(29)13-11-21/h6-17,20H,5,18-19H2,1-4H3,(H,30,34)/t20-/m0/s1. The smallest absolute Gasteiger partial charge is 0.264 e. The zero-order valence-corrected chi connectivity index (χ0v) is 25.5. The van der Waals surface area contributed by atoms with Crippen LogP contribution in [-0.4, -0.2) is 57.6 Å². The number of benzene rings is 3. The van der Waals surface area contributed by atoms with E-state index in [1.54, 1.807) is 50.2 Å². The van der Waals surface area contributed by atoms with Gasteiger partial charge in [-0.2, -0.15) is 0 Å². The van der Waals surface area contributed by atoms with Crippen molar-refractivity contribution in [3.8, 4) is 5.75 Å². The lowest BCUT2D eigenvalue weighted by Gasteiger charge is -2.32. The third-order valence-corrected chi connectivity index (χ3v) is 9.09. The highest BCUT2D eigenvalue weighted by atomic mass is 79.9. The molecular weight excluding hydrogens is 602 g/mol. The molecule has 0 fully saturated rings. The van der Waals surface area contributed by atoms with Crippen molar-refractivity contribution in [1.29, 1.82) is 0 Å². The van der Waals surface area contributed by atoms with Gasteiger partial charge in [0.1, 0.15) is 18.3 Å². The Hall–Kier alpha value is -3.02. The van der Waals surface area contributed by atoms with E-state index in [1.165, 1.54) is 35.8 Å². The van der Waals surface area contributed by atoms with Crippen LogP contribution >= 0.6 is 27.7 Å². The first-order valence-electron chi connectivity index (χ1n) is 12.3. The average Bonchev–Trinajstić information content (AvgIpc) is 2.95. The maximum atomic E-state index is 14.0. The van der Waals surface area contributed by atoms with E-state index < -0.39 is 28.5 Å². The summed E-state index contributed by atoms with van der Waals surface area (Å²) in [5.74, 6) is -0.571. The van der Waals surface area contributed by atoms with E-state index in [-0.39, 0.29) is 23.0 Å². The molecule has 0 unspecified atom stereocenters.